The minimum Gasteiger partial charge on any atom is -0.388 e. The number of thiocarbonyl (C=S) groups is 1. The monoisotopic (exact) mass is 341 g/mol. The molecule has 0 aliphatic rings. The maximum Gasteiger partial charge on any atom is 0.243 e. The second-order valence-electron chi connectivity index (χ2n) is 4.49. The minimum absolute atomic E-state index is 0.00231. The Bertz CT molecular complexity index is 762. The van der Waals surface area contributed by atoms with Crippen molar-refractivity contribution in [1.82, 2.24) is 9.71 Å². The lowest BCUT2D eigenvalue weighted by atomic mass is 10.3. The van der Waals surface area contributed by atoms with Crippen LogP contribution in [0.2, 0.25) is 0 Å². The van der Waals surface area contributed by atoms with Gasteiger partial charge < -0.3 is 5.73 Å². The second kappa shape index (κ2) is 6.18. The van der Waals surface area contributed by atoms with Gasteiger partial charge in [0.1, 0.15) is 15.6 Å². The van der Waals surface area contributed by atoms with Crippen LogP contribution in [0.5, 0.6) is 0 Å². The Hall–Kier alpha value is -1.35. The van der Waals surface area contributed by atoms with Crippen molar-refractivity contribution in [2.45, 2.75) is 25.3 Å². The van der Waals surface area contributed by atoms with E-state index in [2.05, 4.69) is 9.71 Å². The molecular formula is C13H15N3O2S3. The third-order valence-electron chi connectivity index (χ3n) is 2.95. The number of rotatable bonds is 5. The third kappa shape index (κ3) is 3.65. The Morgan fingerprint density at radius 1 is 1.48 bits per heavy atom. The highest BCUT2D eigenvalue weighted by Gasteiger charge is 2.20. The van der Waals surface area contributed by atoms with Gasteiger partial charge in [-0.25, -0.2) is 13.1 Å². The number of hydrogen-bond acceptors (Lipinski definition) is 5. The summed E-state index contributed by atoms with van der Waals surface area (Å²) in [5.41, 5.74) is 6.78. The fraction of sp³-hybridized carbons (Fsp3) is 0.231. The molecule has 0 saturated heterocycles. The van der Waals surface area contributed by atoms with Crippen molar-refractivity contribution in [1.29, 1.82) is 0 Å². The van der Waals surface area contributed by atoms with E-state index < -0.39 is 10.0 Å². The lowest BCUT2D eigenvalue weighted by molar-refractivity contribution is 0.581. The summed E-state index contributed by atoms with van der Waals surface area (Å²) in [6.45, 7) is 4.23. The molecule has 5 nitrogen and oxygen atoms in total. The van der Waals surface area contributed by atoms with Gasteiger partial charge in [0.25, 0.3) is 0 Å². The Morgan fingerprint density at radius 2 is 2.19 bits per heavy atom. The molecule has 21 heavy (non-hydrogen) atoms. The van der Waals surface area contributed by atoms with E-state index in [1.807, 2.05) is 19.9 Å². The molecule has 2 aromatic rings. The molecular weight excluding hydrogens is 326 g/mol. The van der Waals surface area contributed by atoms with Gasteiger partial charge >= 0.3 is 0 Å². The van der Waals surface area contributed by atoms with E-state index in [-0.39, 0.29) is 22.1 Å². The number of nitrogens with two attached hydrogens (primary N) is 1. The van der Waals surface area contributed by atoms with E-state index >= 15 is 0 Å². The molecule has 0 aromatic carbocycles. The molecule has 2 rings (SSSR count). The van der Waals surface area contributed by atoms with Gasteiger partial charge in [0.15, 0.2) is 0 Å². The molecule has 0 aliphatic heterocycles. The van der Waals surface area contributed by atoms with E-state index in [4.69, 9.17) is 18.0 Å². The Kier molecular flexibility index (Phi) is 4.72. The molecule has 2 heterocycles. The zero-order valence-electron chi connectivity index (χ0n) is 11.6. The highest BCUT2D eigenvalue weighted by Crippen LogP contribution is 2.21. The van der Waals surface area contributed by atoms with Gasteiger partial charge in [-0.15, -0.1) is 11.3 Å². The molecule has 2 aromatic heterocycles. The SMILES string of the molecule is Cc1cc(CNS(=O)(=O)c2cccnc2C(N)=S)sc1C. The normalized spacial score (nSPS) is 11.5. The largest absolute Gasteiger partial charge is 0.388 e. The number of aryl methyl sites for hydroxylation is 2. The summed E-state index contributed by atoms with van der Waals surface area (Å²) in [4.78, 5) is 6.02. The first-order valence-corrected chi connectivity index (χ1v) is 8.82. The van der Waals surface area contributed by atoms with Crippen LogP contribution in [0.15, 0.2) is 29.3 Å². The molecule has 0 amide bonds. The van der Waals surface area contributed by atoms with Crippen LogP contribution in [0.1, 0.15) is 21.0 Å². The second-order valence-corrected chi connectivity index (χ2v) is 8.01. The van der Waals surface area contributed by atoms with Gasteiger partial charge in [0, 0.05) is 22.5 Å². The molecule has 0 unspecified atom stereocenters. The fourth-order valence-electron chi connectivity index (χ4n) is 1.77. The van der Waals surface area contributed by atoms with E-state index in [9.17, 15) is 8.42 Å². The van der Waals surface area contributed by atoms with Crippen molar-refractivity contribution in [2.24, 2.45) is 5.73 Å². The molecule has 8 heteroatoms. The number of aromatic nitrogens is 1. The number of sulfonamides is 1. The third-order valence-corrected chi connectivity index (χ3v) is 5.73. The number of nitrogens with one attached hydrogen (secondary N) is 1. The molecule has 0 bridgehead atoms. The summed E-state index contributed by atoms with van der Waals surface area (Å²) in [6, 6.07) is 4.95. The van der Waals surface area contributed by atoms with E-state index in [1.54, 1.807) is 11.3 Å². The van der Waals surface area contributed by atoms with Gasteiger partial charge in [-0.2, -0.15) is 0 Å². The summed E-state index contributed by atoms with van der Waals surface area (Å²) < 4.78 is 27.3. The van der Waals surface area contributed by atoms with Gasteiger partial charge in [-0.05, 0) is 37.6 Å². The van der Waals surface area contributed by atoms with Crippen LogP contribution in [-0.4, -0.2) is 18.4 Å². The highest BCUT2D eigenvalue weighted by atomic mass is 32.2. The zero-order valence-corrected chi connectivity index (χ0v) is 14.0. The summed E-state index contributed by atoms with van der Waals surface area (Å²) in [5.74, 6) is 0. The first-order valence-electron chi connectivity index (χ1n) is 6.11. The van der Waals surface area contributed by atoms with Gasteiger partial charge in [-0.1, -0.05) is 12.2 Å². The quantitative estimate of drug-likeness (QED) is 0.811. The van der Waals surface area contributed by atoms with Crippen LogP contribution in [0.3, 0.4) is 0 Å². The number of hydrogen-bond donors (Lipinski definition) is 2. The predicted molar refractivity (Wildman–Crippen MR) is 87.9 cm³/mol. The maximum atomic E-state index is 12.4. The molecule has 0 atom stereocenters. The fourth-order valence-corrected chi connectivity index (χ4v) is 4.26. The molecule has 0 aliphatic carbocycles. The number of nitrogens with zero attached hydrogens (tertiary/aromatic N) is 1. The molecule has 0 spiro atoms. The molecule has 0 fully saturated rings. The minimum atomic E-state index is -3.71. The molecule has 3 N–H and O–H groups in total. The summed E-state index contributed by atoms with van der Waals surface area (Å²) in [6.07, 6.45) is 1.46. The van der Waals surface area contributed by atoms with Gasteiger partial charge in [0.05, 0.1) is 0 Å². The summed E-state index contributed by atoms with van der Waals surface area (Å²) in [5, 5.41) is 0. The van der Waals surface area contributed by atoms with Crippen LogP contribution in [0.4, 0.5) is 0 Å². The zero-order chi connectivity index (χ0) is 15.6. The molecule has 0 radical (unpaired) electrons. The van der Waals surface area contributed by atoms with Crippen molar-refractivity contribution in [3.8, 4) is 0 Å². The van der Waals surface area contributed by atoms with Crippen molar-refractivity contribution in [2.75, 3.05) is 0 Å². The van der Waals surface area contributed by atoms with E-state index in [1.165, 1.54) is 23.2 Å². The topological polar surface area (TPSA) is 85.1 Å². The number of thiophene rings is 1. The van der Waals surface area contributed by atoms with Crippen LogP contribution >= 0.6 is 23.6 Å². The maximum absolute atomic E-state index is 12.4. The van der Waals surface area contributed by atoms with Crippen LogP contribution in [0, 0.1) is 13.8 Å². The van der Waals surface area contributed by atoms with Crippen LogP contribution in [-0.2, 0) is 16.6 Å². The number of pyridine rings is 1. The Balaban J connectivity index is 2.25. The van der Waals surface area contributed by atoms with Crippen LogP contribution < -0.4 is 10.5 Å². The smallest absolute Gasteiger partial charge is 0.243 e. The van der Waals surface area contributed by atoms with Gasteiger partial charge in [0.2, 0.25) is 10.0 Å². The van der Waals surface area contributed by atoms with E-state index in [0.717, 1.165) is 10.4 Å². The van der Waals surface area contributed by atoms with Crippen molar-refractivity contribution in [3.63, 3.8) is 0 Å². The highest BCUT2D eigenvalue weighted by molar-refractivity contribution is 7.89. The lowest BCUT2D eigenvalue weighted by Crippen LogP contribution is -2.26. The standard InChI is InChI=1S/C13H15N3O2S3/c1-8-6-10(20-9(8)2)7-16-21(17,18)11-4-3-5-15-12(11)13(14)19/h3-6,16H,7H2,1-2H3,(H2,14,19). The molecule has 112 valence electrons. The van der Waals surface area contributed by atoms with E-state index in [0.29, 0.717) is 0 Å². The Morgan fingerprint density at radius 3 is 2.76 bits per heavy atom. The summed E-state index contributed by atoms with van der Waals surface area (Å²) >= 11 is 6.41. The predicted octanol–water partition coefficient (Wildman–Crippen LogP) is 1.87. The average molecular weight is 341 g/mol. The van der Waals surface area contributed by atoms with Crippen molar-refractivity contribution >= 4 is 38.6 Å². The van der Waals surface area contributed by atoms with Crippen molar-refractivity contribution < 1.29 is 8.42 Å². The molecule has 0 saturated carbocycles. The average Bonchev–Trinajstić information content (AvgIpc) is 2.76. The van der Waals surface area contributed by atoms with Crippen molar-refractivity contribution in [3.05, 3.63) is 45.4 Å². The lowest BCUT2D eigenvalue weighted by Gasteiger charge is -2.09. The first kappa shape index (κ1) is 16.0. The first-order chi connectivity index (χ1) is 9.81. The Labute approximate surface area is 133 Å². The van der Waals surface area contributed by atoms with Gasteiger partial charge in [-0.3, -0.25) is 4.98 Å². The summed E-state index contributed by atoms with van der Waals surface area (Å²) in [7, 11) is -3.71. The van der Waals surface area contributed by atoms with Crippen LogP contribution in [0.25, 0.3) is 0 Å².